The highest BCUT2D eigenvalue weighted by atomic mass is 31.0. The SMILES string of the molecule is Bc1c(F)cc(P)c(B)c1Oc1ccccc1/N=C/c1cc(C(C)(C)C)cc(C(C)(C)C)c1O. The van der Waals surface area contributed by atoms with Gasteiger partial charge < -0.3 is 9.84 Å². The fourth-order valence-electron chi connectivity index (χ4n) is 3.69. The second-order valence-electron chi connectivity index (χ2n) is 10.8. The monoisotopic (exact) mass is 475 g/mol. The standard InChI is InChI=1S/C27H33B2FNO2P/c1-26(2,3)16-11-15(24(32)17(12-16)27(4,5)6)14-31-19-9-7-8-10-20(19)33-25-22(28)18(30)13-21(34)23(25)29/h7-14,32H,28-29,34H2,1-6H3/b31-14+. The minimum atomic E-state index is -0.315. The topological polar surface area (TPSA) is 41.8 Å². The van der Waals surface area contributed by atoms with Crippen LogP contribution in [0.15, 0.2) is 47.5 Å². The molecule has 0 aliphatic carbocycles. The van der Waals surface area contributed by atoms with Crippen LogP contribution in [0, 0.1) is 5.82 Å². The van der Waals surface area contributed by atoms with E-state index in [1.54, 1.807) is 14.1 Å². The van der Waals surface area contributed by atoms with Gasteiger partial charge in [-0.3, -0.25) is 4.99 Å². The Morgan fingerprint density at radius 1 is 0.971 bits per heavy atom. The lowest BCUT2D eigenvalue weighted by molar-refractivity contribution is 0.444. The number of hydrogen-bond acceptors (Lipinski definition) is 3. The maximum Gasteiger partial charge on any atom is 0.152 e. The van der Waals surface area contributed by atoms with Crippen molar-refractivity contribution in [2.24, 2.45) is 4.99 Å². The van der Waals surface area contributed by atoms with Gasteiger partial charge in [-0.05, 0) is 56.9 Å². The van der Waals surface area contributed by atoms with Gasteiger partial charge in [0.15, 0.2) is 5.75 Å². The highest BCUT2D eigenvalue weighted by molar-refractivity contribution is 7.28. The minimum Gasteiger partial charge on any atom is -0.507 e. The molecule has 3 aromatic carbocycles. The number of para-hydroxylation sites is 2. The number of hydrogen-bond donors (Lipinski definition) is 1. The molecule has 7 heteroatoms. The van der Waals surface area contributed by atoms with Crippen molar-refractivity contribution >= 4 is 53.1 Å². The maximum atomic E-state index is 14.4. The number of phenols is 1. The summed E-state index contributed by atoms with van der Waals surface area (Å²) in [5.74, 6) is 0.917. The summed E-state index contributed by atoms with van der Waals surface area (Å²) in [4.78, 5) is 4.68. The van der Waals surface area contributed by atoms with E-state index >= 15 is 0 Å². The third-order valence-electron chi connectivity index (χ3n) is 5.99. The lowest BCUT2D eigenvalue weighted by atomic mass is 9.79. The first kappa shape index (κ1) is 26.0. The van der Waals surface area contributed by atoms with Gasteiger partial charge in [-0.1, -0.05) is 59.7 Å². The zero-order valence-corrected chi connectivity index (χ0v) is 22.5. The maximum absolute atomic E-state index is 14.4. The quantitative estimate of drug-likeness (QED) is 0.356. The molecule has 3 nitrogen and oxygen atoms in total. The molecule has 0 saturated heterocycles. The molecule has 1 atom stereocenters. The molecule has 1 unspecified atom stereocenters. The number of phenolic OH excluding ortho intramolecular Hbond substituents is 1. The van der Waals surface area contributed by atoms with Crippen LogP contribution in [-0.4, -0.2) is 27.0 Å². The average molecular weight is 475 g/mol. The lowest BCUT2D eigenvalue weighted by Gasteiger charge is -2.27. The summed E-state index contributed by atoms with van der Waals surface area (Å²) in [6.07, 6.45) is 1.67. The Morgan fingerprint density at radius 2 is 1.62 bits per heavy atom. The second-order valence-corrected chi connectivity index (χ2v) is 11.4. The van der Waals surface area contributed by atoms with E-state index in [-0.39, 0.29) is 22.4 Å². The first-order valence-electron chi connectivity index (χ1n) is 11.4. The first-order chi connectivity index (χ1) is 15.7. The number of benzene rings is 3. The van der Waals surface area contributed by atoms with E-state index in [4.69, 9.17) is 4.74 Å². The Kier molecular flexibility index (Phi) is 7.34. The largest absolute Gasteiger partial charge is 0.507 e. The van der Waals surface area contributed by atoms with Crippen molar-refractivity contribution in [1.82, 2.24) is 0 Å². The fourth-order valence-corrected chi connectivity index (χ4v) is 3.96. The highest BCUT2D eigenvalue weighted by Gasteiger charge is 2.24. The normalized spacial score (nSPS) is 12.4. The van der Waals surface area contributed by atoms with E-state index in [1.807, 2.05) is 38.2 Å². The summed E-state index contributed by atoms with van der Waals surface area (Å²) in [5.41, 5.74) is 4.24. The van der Waals surface area contributed by atoms with Crippen molar-refractivity contribution in [1.29, 1.82) is 0 Å². The summed E-state index contributed by atoms with van der Waals surface area (Å²) in [5, 5.41) is 11.8. The van der Waals surface area contributed by atoms with Gasteiger partial charge in [-0.25, -0.2) is 4.39 Å². The second kappa shape index (κ2) is 9.58. The van der Waals surface area contributed by atoms with Gasteiger partial charge in [0.2, 0.25) is 0 Å². The van der Waals surface area contributed by atoms with Crippen LogP contribution in [0.1, 0.15) is 58.2 Å². The first-order valence-corrected chi connectivity index (χ1v) is 12.0. The molecule has 3 rings (SSSR count). The van der Waals surface area contributed by atoms with Crippen LogP contribution in [0.5, 0.6) is 17.2 Å². The van der Waals surface area contributed by atoms with Gasteiger partial charge in [0.05, 0.1) is 0 Å². The third-order valence-corrected chi connectivity index (χ3v) is 6.59. The molecule has 176 valence electrons. The van der Waals surface area contributed by atoms with Crippen LogP contribution in [0.25, 0.3) is 0 Å². The number of aromatic hydroxyl groups is 1. The molecule has 0 spiro atoms. The van der Waals surface area contributed by atoms with Crippen LogP contribution in [0.2, 0.25) is 0 Å². The zero-order chi connectivity index (χ0) is 25.4. The minimum absolute atomic E-state index is 0.0837. The Bertz CT molecular complexity index is 1230. The van der Waals surface area contributed by atoms with Gasteiger partial charge in [-0.15, -0.1) is 9.24 Å². The van der Waals surface area contributed by atoms with E-state index in [0.717, 1.165) is 21.9 Å². The van der Waals surface area contributed by atoms with E-state index in [0.29, 0.717) is 28.2 Å². The average Bonchev–Trinajstić information content (AvgIpc) is 2.73. The van der Waals surface area contributed by atoms with Crippen LogP contribution in [-0.2, 0) is 10.8 Å². The number of halogens is 1. The zero-order valence-electron chi connectivity index (χ0n) is 21.4. The predicted molar refractivity (Wildman–Crippen MR) is 151 cm³/mol. The third kappa shape index (κ3) is 5.55. The van der Waals surface area contributed by atoms with Crippen molar-refractivity contribution in [2.75, 3.05) is 0 Å². The Labute approximate surface area is 206 Å². The Balaban J connectivity index is 2.08. The molecule has 0 fully saturated rings. The van der Waals surface area contributed by atoms with Gasteiger partial charge >= 0.3 is 0 Å². The van der Waals surface area contributed by atoms with Gasteiger partial charge in [0.1, 0.15) is 38.7 Å². The molecule has 3 aromatic rings. The molecular formula is C27H33B2FNO2P. The number of ether oxygens (including phenoxy) is 1. The molecule has 0 radical (unpaired) electrons. The molecular weight excluding hydrogens is 442 g/mol. The number of rotatable bonds is 4. The molecule has 0 heterocycles. The number of aliphatic imine (C=N–C) groups is 1. The predicted octanol–water partition coefficient (Wildman–Crippen LogP) is 3.69. The van der Waals surface area contributed by atoms with Crippen molar-refractivity contribution in [2.45, 2.75) is 52.4 Å². The summed E-state index contributed by atoms with van der Waals surface area (Å²) in [6, 6.07) is 12.9. The van der Waals surface area contributed by atoms with Gasteiger partial charge in [0, 0.05) is 17.3 Å². The van der Waals surface area contributed by atoms with Gasteiger partial charge in [-0.2, -0.15) is 0 Å². The van der Waals surface area contributed by atoms with Crippen LogP contribution in [0.4, 0.5) is 10.1 Å². The van der Waals surface area contributed by atoms with Crippen molar-refractivity contribution in [3.05, 3.63) is 65.0 Å². The van der Waals surface area contributed by atoms with E-state index in [2.05, 4.69) is 61.8 Å². The summed E-state index contributed by atoms with van der Waals surface area (Å²) in [6.45, 7) is 12.7. The lowest BCUT2D eigenvalue weighted by Crippen LogP contribution is -2.30. The Hall–Kier alpha value is -2.58. The summed E-state index contributed by atoms with van der Waals surface area (Å²) < 4.78 is 20.5. The number of nitrogens with zero attached hydrogens (tertiary/aromatic N) is 1. The molecule has 0 saturated carbocycles. The molecule has 0 bridgehead atoms. The van der Waals surface area contributed by atoms with E-state index in [9.17, 15) is 9.50 Å². The molecule has 0 aliphatic rings. The molecule has 0 aliphatic heterocycles. The van der Waals surface area contributed by atoms with Crippen LogP contribution in [0.3, 0.4) is 0 Å². The highest BCUT2D eigenvalue weighted by Crippen LogP contribution is 2.38. The molecule has 0 amide bonds. The molecule has 0 aromatic heterocycles. The summed E-state index contributed by atoms with van der Waals surface area (Å²) in [7, 11) is 6.16. The van der Waals surface area contributed by atoms with Crippen molar-refractivity contribution in [3.8, 4) is 17.2 Å². The van der Waals surface area contributed by atoms with Crippen molar-refractivity contribution < 1.29 is 14.2 Å². The van der Waals surface area contributed by atoms with Crippen LogP contribution < -0.4 is 21.0 Å². The van der Waals surface area contributed by atoms with E-state index < -0.39 is 0 Å². The smallest absolute Gasteiger partial charge is 0.152 e. The van der Waals surface area contributed by atoms with Gasteiger partial charge in [0.25, 0.3) is 0 Å². The molecule has 34 heavy (non-hydrogen) atoms. The summed E-state index contributed by atoms with van der Waals surface area (Å²) >= 11 is 0. The molecule has 1 N–H and O–H groups in total. The van der Waals surface area contributed by atoms with Crippen LogP contribution >= 0.6 is 9.24 Å². The Morgan fingerprint density at radius 3 is 2.24 bits per heavy atom. The van der Waals surface area contributed by atoms with E-state index in [1.165, 1.54) is 6.07 Å². The van der Waals surface area contributed by atoms with Crippen molar-refractivity contribution in [3.63, 3.8) is 0 Å². The fraction of sp³-hybridized carbons (Fsp3) is 0.296.